The van der Waals surface area contributed by atoms with Crippen molar-refractivity contribution in [1.29, 1.82) is 0 Å². The van der Waals surface area contributed by atoms with Gasteiger partial charge >= 0.3 is 6.18 Å². The number of fused-ring (bicyclic) bond motifs is 1. The lowest BCUT2D eigenvalue weighted by molar-refractivity contribution is -0.137. The van der Waals surface area contributed by atoms with E-state index in [1.54, 1.807) is 24.0 Å². The number of halogens is 3. The molecule has 162 valence electrons. The van der Waals surface area contributed by atoms with E-state index in [-0.39, 0.29) is 17.5 Å². The summed E-state index contributed by atoms with van der Waals surface area (Å²) in [6, 6.07) is 10.1. The van der Waals surface area contributed by atoms with Gasteiger partial charge in [-0.3, -0.25) is 4.79 Å². The van der Waals surface area contributed by atoms with Crippen LogP contribution in [0.2, 0.25) is 0 Å². The molecule has 1 amide bonds. The molecule has 1 aliphatic rings. The first-order valence-electron chi connectivity index (χ1n) is 9.92. The fourth-order valence-electron chi connectivity index (χ4n) is 3.89. The molecule has 0 saturated carbocycles. The van der Waals surface area contributed by atoms with Crippen molar-refractivity contribution < 1.29 is 23.1 Å². The van der Waals surface area contributed by atoms with Crippen molar-refractivity contribution >= 4 is 22.5 Å². The molecule has 31 heavy (non-hydrogen) atoms. The number of hydrogen-bond acceptors (Lipinski definition) is 5. The summed E-state index contributed by atoms with van der Waals surface area (Å²) in [5.74, 6) is 0.0380. The summed E-state index contributed by atoms with van der Waals surface area (Å²) >= 11 is 0. The quantitative estimate of drug-likeness (QED) is 0.642. The Morgan fingerprint density at radius 3 is 2.58 bits per heavy atom. The number of carbonyl (C=O) groups excluding carboxylic acids is 1. The molecule has 1 atom stereocenters. The van der Waals surface area contributed by atoms with E-state index in [1.165, 1.54) is 6.07 Å². The first kappa shape index (κ1) is 20.9. The molecule has 1 aliphatic heterocycles. The summed E-state index contributed by atoms with van der Waals surface area (Å²) in [7, 11) is 0. The fraction of sp³-hybridized carbons (Fsp3) is 0.318. The Bertz CT molecular complexity index is 1130. The number of anilines is 1. The molecule has 4 rings (SSSR count). The zero-order valence-electron chi connectivity index (χ0n) is 16.8. The number of rotatable bonds is 3. The second-order valence-corrected chi connectivity index (χ2v) is 7.62. The van der Waals surface area contributed by atoms with E-state index in [4.69, 9.17) is 0 Å². The number of nitrogens with zero attached hydrogens (tertiary/aromatic N) is 3. The predicted molar refractivity (Wildman–Crippen MR) is 111 cm³/mol. The highest BCUT2D eigenvalue weighted by atomic mass is 19.4. The van der Waals surface area contributed by atoms with Crippen molar-refractivity contribution in [2.24, 2.45) is 0 Å². The van der Waals surface area contributed by atoms with Gasteiger partial charge in [0.1, 0.15) is 11.4 Å². The number of hydrogen-bond donors (Lipinski definition) is 2. The van der Waals surface area contributed by atoms with Crippen molar-refractivity contribution in [2.75, 3.05) is 18.4 Å². The molecule has 9 heteroatoms. The zero-order valence-corrected chi connectivity index (χ0v) is 16.8. The third-order valence-corrected chi connectivity index (χ3v) is 5.48. The fourth-order valence-corrected chi connectivity index (χ4v) is 3.89. The Hall–Kier alpha value is -3.36. The number of piperidine rings is 1. The summed E-state index contributed by atoms with van der Waals surface area (Å²) < 4.78 is 38.8. The van der Waals surface area contributed by atoms with Crippen LogP contribution in [-0.2, 0) is 11.0 Å². The lowest BCUT2D eigenvalue weighted by atomic mass is 10.0. The Kier molecular flexibility index (Phi) is 5.43. The van der Waals surface area contributed by atoms with E-state index < -0.39 is 17.5 Å². The van der Waals surface area contributed by atoms with Crippen LogP contribution in [0.3, 0.4) is 0 Å². The van der Waals surface area contributed by atoms with Crippen LogP contribution in [-0.4, -0.2) is 45.2 Å². The Labute approximate surface area is 176 Å². The van der Waals surface area contributed by atoms with Crippen molar-refractivity contribution in [3.63, 3.8) is 0 Å². The molecule has 2 aromatic carbocycles. The molecule has 2 heterocycles. The van der Waals surface area contributed by atoms with E-state index >= 15 is 0 Å². The number of likely N-dealkylation sites (tertiary alicyclic amines) is 1. The predicted octanol–water partition coefficient (Wildman–Crippen LogP) is 4.44. The number of aromatic hydroxyl groups is 1. The Morgan fingerprint density at radius 1 is 1.16 bits per heavy atom. The normalized spacial score (nSPS) is 17.0. The molecule has 0 bridgehead atoms. The Balaban J connectivity index is 1.70. The number of phenolic OH excluding ortho intramolecular Hbond substituents is 1. The third-order valence-electron chi connectivity index (χ3n) is 5.48. The summed E-state index contributed by atoms with van der Waals surface area (Å²) in [4.78, 5) is 13.5. The van der Waals surface area contributed by atoms with Gasteiger partial charge in [0.05, 0.1) is 5.56 Å². The number of alkyl halides is 3. The van der Waals surface area contributed by atoms with E-state index in [2.05, 4.69) is 15.5 Å². The number of benzene rings is 2. The first-order chi connectivity index (χ1) is 14.7. The minimum atomic E-state index is -4.55. The number of phenols is 1. The van der Waals surface area contributed by atoms with E-state index in [1.807, 2.05) is 12.1 Å². The van der Waals surface area contributed by atoms with Crippen LogP contribution >= 0.6 is 0 Å². The minimum Gasteiger partial charge on any atom is -0.507 e. The number of nitrogens with one attached hydrogen (secondary N) is 1. The molecule has 1 aromatic heterocycles. The zero-order chi connectivity index (χ0) is 22.2. The minimum absolute atomic E-state index is 0.0145. The van der Waals surface area contributed by atoms with Gasteiger partial charge in [-0.05, 0) is 31.0 Å². The van der Waals surface area contributed by atoms with Crippen LogP contribution in [0.15, 0.2) is 42.5 Å². The van der Waals surface area contributed by atoms with Gasteiger partial charge in [-0.2, -0.15) is 13.2 Å². The van der Waals surface area contributed by atoms with Crippen molar-refractivity contribution in [2.45, 2.75) is 32.0 Å². The van der Waals surface area contributed by atoms with Crippen molar-refractivity contribution in [3.05, 3.63) is 48.0 Å². The van der Waals surface area contributed by atoms with Gasteiger partial charge in [0.2, 0.25) is 5.91 Å². The average molecular weight is 430 g/mol. The van der Waals surface area contributed by atoms with Crippen molar-refractivity contribution in [3.8, 4) is 17.0 Å². The maximum Gasteiger partial charge on any atom is 0.416 e. The molecular weight excluding hydrogens is 409 g/mol. The maximum absolute atomic E-state index is 12.9. The van der Waals surface area contributed by atoms with E-state index in [9.17, 15) is 23.1 Å². The highest BCUT2D eigenvalue weighted by Crippen LogP contribution is 2.38. The molecular formula is C22H21F3N4O2. The molecule has 1 saturated heterocycles. The van der Waals surface area contributed by atoms with Crippen LogP contribution < -0.4 is 5.32 Å². The lowest BCUT2D eigenvalue weighted by Gasteiger charge is -2.32. The summed E-state index contributed by atoms with van der Waals surface area (Å²) in [6.07, 6.45) is -2.80. The van der Waals surface area contributed by atoms with Gasteiger partial charge in [-0.25, -0.2) is 0 Å². The van der Waals surface area contributed by atoms with Crippen LogP contribution in [0.25, 0.3) is 22.0 Å². The van der Waals surface area contributed by atoms with Crippen LogP contribution in [0.4, 0.5) is 19.0 Å². The van der Waals surface area contributed by atoms with Crippen molar-refractivity contribution in [1.82, 2.24) is 15.1 Å². The second kappa shape index (κ2) is 8.05. The smallest absolute Gasteiger partial charge is 0.416 e. The SMILES string of the molecule is CC(=O)N1CCCC(Nc2nnc(-c3ccc(C(F)(F)F)cc3O)c3ccccc23)C1. The monoisotopic (exact) mass is 430 g/mol. The molecule has 3 aromatic rings. The molecule has 1 fully saturated rings. The van der Waals surface area contributed by atoms with Gasteiger partial charge in [-0.15, -0.1) is 10.2 Å². The molecule has 0 aliphatic carbocycles. The number of carbonyl (C=O) groups is 1. The van der Waals surface area contributed by atoms with Crippen LogP contribution in [0.1, 0.15) is 25.3 Å². The highest BCUT2D eigenvalue weighted by molar-refractivity contribution is 6.00. The van der Waals surface area contributed by atoms with Gasteiger partial charge < -0.3 is 15.3 Å². The van der Waals surface area contributed by atoms with Crippen LogP contribution in [0, 0.1) is 0 Å². The standard InChI is InChI=1S/C22H21F3N4O2/c1-13(30)29-10-4-5-15(12-29)26-21-17-7-3-2-6-16(17)20(27-28-21)18-9-8-14(11-19(18)31)22(23,24)25/h2-3,6-9,11,15,31H,4-5,10,12H2,1H3,(H,26,28). The van der Waals surface area contributed by atoms with Gasteiger partial charge in [0.15, 0.2) is 5.82 Å². The molecule has 2 N–H and O–H groups in total. The Morgan fingerprint density at radius 2 is 1.90 bits per heavy atom. The molecule has 1 unspecified atom stereocenters. The van der Waals surface area contributed by atoms with E-state index in [0.717, 1.165) is 30.8 Å². The van der Waals surface area contributed by atoms with Gasteiger partial charge in [0.25, 0.3) is 0 Å². The molecule has 0 radical (unpaired) electrons. The first-order valence-corrected chi connectivity index (χ1v) is 9.92. The second-order valence-electron chi connectivity index (χ2n) is 7.62. The highest BCUT2D eigenvalue weighted by Gasteiger charge is 2.31. The summed E-state index contributed by atoms with van der Waals surface area (Å²) in [6.45, 7) is 2.84. The topological polar surface area (TPSA) is 78.4 Å². The largest absolute Gasteiger partial charge is 0.507 e. The average Bonchev–Trinajstić information content (AvgIpc) is 2.74. The van der Waals surface area contributed by atoms with E-state index in [0.29, 0.717) is 29.5 Å². The molecule has 6 nitrogen and oxygen atoms in total. The third kappa shape index (κ3) is 4.26. The number of aromatic nitrogens is 2. The van der Waals surface area contributed by atoms with Gasteiger partial charge in [0, 0.05) is 42.4 Å². The van der Waals surface area contributed by atoms with Gasteiger partial charge in [-0.1, -0.05) is 24.3 Å². The lowest BCUT2D eigenvalue weighted by Crippen LogP contribution is -2.44. The maximum atomic E-state index is 12.9. The summed E-state index contributed by atoms with van der Waals surface area (Å²) in [5.41, 5.74) is -0.471. The molecule has 0 spiro atoms. The number of amides is 1. The summed E-state index contributed by atoms with van der Waals surface area (Å²) in [5, 5.41) is 23.5. The van der Waals surface area contributed by atoms with Crippen LogP contribution in [0.5, 0.6) is 5.75 Å².